The number of imidazole rings is 1. The summed E-state index contributed by atoms with van der Waals surface area (Å²) in [6.07, 6.45) is 5.15. The van der Waals surface area contributed by atoms with Crippen LogP contribution in [0.4, 0.5) is 4.39 Å². The zero-order chi connectivity index (χ0) is 20.4. The van der Waals surface area contributed by atoms with E-state index in [2.05, 4.69) is 4.98 Å². The van der Waals surface area contributed by atoms with E-state index in [0.717, 1.165) is 5.69 Å². The third kappa shape index (κ3) is 4.00. The minimum atomic E-state index is -0.603. The monoisotopic (exact) mass is 412 g/mol. The fourth-order valence-corrected chi connectivity index (χ4v) is 3.51. The fraction of sp³-hybridized carbons (Fsp3) is 0.190. The highest BCUT2D eigenvalue weighted by molar-refractivity contribution is 6.31. The first-order valence-electron chi connectivity index (χ1n) is 9.15. The maximum Gasteiger partial charge on any atom is 0.257 e. The predicted molar refractivity (Wildman–Crippen MR) is 107 cm³/mol. The van der Waals surface area contributed by atoms with Gasteiger partial charge < -0.3 is 14.4 Å². The van der Waals surface area contributed by atoms with Crippen molar-refractivity contribution in [3.05, 3.63) is 83.2 Å². The molecular weight excluding hydrogens is 395 g/mol. The Hall–Kier alpha value is -3.19. The molecule has 1 aliphatic heterocycles. The largest absolute Gasteiger partial charge is 0.335 e. The number of hydrogen-bond acceptors (Lipinski definition) is 3. The minimum absolute atomic E-state index is 0.0506. The van der Waals surface area contributed by atoms with E-state index in [1.807, 2.05) is 29.0 Å². The highest BCUT2D eigenvalue weighted by Gasteiger charge is 2.27. The zero-order valence-corrected chi connectivity index (χ0v) is 16.2. The van der Waals surface area contributed by atoms with Crippen LogP contribution in [-0.2, 0) is 0 Å². The van der Waals surface area contributed by atoms with Crippen LogP contribution in [0.2, 0.25) is 5.02 Å². The van der Waals surface area contributed by atoms with Crippen molar-refractivity contribution in [1.82, 2.24) is 19.4 Å². The summed E-state index contributed by atoms with van der Waals surface area (Å²) in [5.41, 5.74) is 1.36. The van der Waals surface area contributed by atoms with Gasteiger partial charge in [0.1, 0.15) is 5.82 Å². The van der Waals surface area contributed by atoms with E-state index in [1.54, 1.807) is 28.4 Å². The first kappa shape index (κ1) is 19.1. The van der Waals surface area contributed by atoms with Crippen molar-refractivity contribution in [1.29, 1.82) is 0 Å². The summed E-state index contributed by atoms with van der Waals surface area (Å²) in [6, 6.07) is 11.2. The average Bonchev–Trinajstić information content (AvgIpc) is 3.30. The van der Waals surface area contributed by atoms with E-state index in [0.29, 0.717) is 36.8 Å². The normalized spacial score (nSPS) is 14.1. The lowest BCUT2D eigenvalue weighted by molar-refractivity contribution is 0.0533. The number of amides is 2. The van der Waals surface area contributed by atoms with Crippen molar-refractivity contribution in [2.45, 2.75) is 0 Å². The molecule has 0 aliphatic carbocycles. The van der Waals surface area contributed by atoms with E-state index in [9.17, 15) is 14.0 Å². The molecule has 4 rings (SSSR count). The van der Waals surface area contributed by atoms with Gasteiger partial charge in [-0.2, -0.15) is 0 Å². The Morgan fingerprint density at radius 3 is 2.38 bits per heavy atom. The summed E-state index contributed by atoms with van der Waals surface area (Å²) in [6.45, 7) is 1.42. The summed E-state index contributed by atoms with van der Waals surface area (Å²) < 4.78 is 15.8. The summed E-state index contributed by atoms with van der Waals surface area (Å²) in [7, 11) is 0. The maximum absolute atomic E-state index is 14.0. The molecule has 0 saturated carbocycles. The van der Waals surface area contributed by atoms with Crippen LogP contribution >= 0.6 is 11.6 Å². The molecular formula is C21H18ClFN4O2. The molecule has 3 aromatic rings. The van der Waals surface area contributed by atoms with E-state index in [-0.39, 0.29) is 11.5 Å². The van der Waals surface area contributed by atoms with Crippen LogP contribution in [0, 0.1) is 5.82 Å². The Labute approximate surface area is 172 Å². The van der Waals surface area contributed by atoms with Crippen LogP contribution in [0.15, 0.2) is 61.2 Å². The summed E-state index contributed by atoms with van der Waals surface area (Å²) in [5.74, 6) is -1.12. The van der Waals surface area contributed by atoms with Gasteiger partial charge >= 0.3 is 0 Å². The predicted octanol–water partition coefficient (Wildman–Crippen LogP) is 3.26. The Morgan fingerprint density at radius 2 is 1.69 bits per heavy atom. The fourth-order valence-electron chi connectivity index (χ4n) is 3.34. The van der Waals surface area contributed by atoms with Crippen molar-refractivity contribution < 1.29 is 14.0 Å². The molecule has 1 saturated heterocycles. The maximum atomic E-state index is 14.0. The second kappa shape index (κ2) is 8.05. The first-order chi connectivity index (χ1) is 14.0. The van der Waals surface area contributed by atoms with Crippen molar-refractivity contribution in [3.8, 4) is 5.69 Å². The highest BCUT2D eigenvalue weighted by atomic mass is 35.5. The lowest BCUT2D eigenvalue weighted by atomic mass is 10.1. The second-order valence-electron chi connectivity index (χ2n) is 6.73. The summed E-state index contributed by atoms with van der Waals surface area (Å²) in [5, 5.41) is 0.307. The summed E-state index contributed by atoms with van der Waals surface area (Å²) in [4.78, 5) is 32.8. The van der Waals surface area contributed by atoms with Gasteiger partial charge in [0, 0.05) is 54.8 Å². The Bertz CT molecular complexity index is 1050. The van der Waals surface area contributed by atoms with Crippen molar-refractivity contribution in [3.63, 3.8) is 0 Å². The van der Waals surface area contributed by atoms with Gasteiger partial charge in [0.2, 0.25) is 0 Å². The number of carbonyl (C=O) groups is 2. The third-order valence-electron chi connectivity index (χ3n) is 4.91. The van der Waals surface area contributed by atoms with Crippen LogP contribution in [0.1, 0.15) is 20.7 Å². The molecule has 0 radical (unpaired) electrons. The molecule has 0 spiro atoms. The smallest absolute Gasteiger partial charge is 0.257 e. The van der Waals surface area contributed by atoms with Crippen LogP contribution in [-0.4, -0.2) is 57.3 Å². The minimum Gasteiger partial charge on any atom is -0.335 e. The first-order valence-corrected chi connectivity index (χ1v) is 9.53. The van der Waals surface area contributed by atoms with Gasteiger partial charge in [-0.3, -0.25) is 9.59 Å². The zero-order valence-electron chi connectivity index (χ0n) is 15.5. The van der Waals surface area contributed by atoms with Crippen LogP contribution in [0.5, 0.6) is 0 Å². The molecule has 2 amide bonds. The van der Waals surface area contributed by atoms with Gasteiger partial charge in [-0.15, -0.1) is 0 Å². The molecule has 0 bridgehead atoms. The molecule has 148 valence electrons. The van der Waals surface area contributed by atoms with Gasteiger partial charge in [0.25, 0.3) is 11.8 Å². The number of piperazine rings is 1. The van der Waals surface area contributed by atoms with Gasteiger partial charge in [-0.05, 0) is 36.4 Å². The molecule has 0 atom stereocenters. The number of halogens is 2. The average molecular weight is 413 g/mol. The lowest BCUT2D eigenvalue weighted by Crippen LogP contribution is -2.50. The van der Waals surface area contributed by atoms with Gasteiger partial charge in [0.15, 0.2) is 0 Å². The van der Waals surface area contributed by atoms with Crippen LogP contribution in [0.3, 0.4) is 0 Å². The quantitative estimate of drug-likeness (QED) is 0.663. The Kier molecular flexibility index (Phi) is 5.31. The molecule has 6 nitrogen and oxygen atoms in total. The van der Waals surface area contributed by atoms with Crippen molar-refractivity contribution >= 4 is 23.4 Å². The number of hydrogen-bond donors (Lipinski definition) is 0. The Morgan fingerprint density at radius 1 is 0.966 bits per heavy atom. The van der Waals surface area contributed by atoms with E-state index in [1.165, 1.54) is 18.2 Å². The molecule has 8 heteroatoms. The lowest BCUT2D eigenvalue weighted by Gasteiger charge is -2.35. The molecule has 2 aromatic carbocycles. The number of rotatable bonds is 3. The van der Waals surface area contributed by atoms with Crippen LogP contribution < -0.4 is 0 Å². The molecule has 29 heavy (non-hydrogen) atoms. The van der Waals surface area contributed by atoms with Gasteiger partial charge in [-0.1, -0.05) is 17.7 Å². The second-order valence-corrected chi connectivity index (χ2v) is 7.17. The van der Waals surface area contributed by atoms with Gasteiger partial charge in [-0.25, -0.2) is 9.37 Å². The third-order valence-corrected chi connectivity index (χ3v) is 5.14. The topological polar surface area (TPSA) is 58.4 Å². The molecule has 0 N–H and O–H groups in total. The SMILES string of the molecule is O=C(c1cccc(-n2ccnc2)c1)N1CCN(C(=O)c2cc(Cl)ccc2F)CC1. The van der Waals surface area contributed by atoms with Crippen LogP contribution in [0.25, 0.3) is 5.69 Å². The standard InChI is InChI=1S/C21H18ClFN4O2/c22-16-4-5-19(23)18(13-16)21(29)26-10-8-25(9-11-26)20(28)15-2-1-3-17(12-15)27-7-6-24-14-27/h1-7,12-14H,8-11H2. The van der Waals surface area contributed by atoms with Gasteiger partial charge in [0.05, 0.1) is 11.9 Å². The van der Waals surface area contributed by atoms with Crippen molar-refractivity contribution in [2.24, 2.45) is 0 Å². The number of aromatic nitrogens is 2. The molecule has 1 fully saturated rings. The highest BCUT2D eigenvalue weighted by Crippen LogP contribution is 2.19. The molecule has 1 aromatic heterocycles. The van der Waals surface area contributed by atoms with Crippen molar-refractivity contribution in [2.75, 3.05) is 26.2 Å². The number of carbonyl (C=O) groups excluding carboxylic acids is 2. The van der Waals surface area contributed by atoms with E-state index < -0.39 is 11.7 Å². The molecule has 2 heterocycles. The molecule has 0 unspecified atom stereocenters. The number of benzene rings is 2. The number of nitrogens with zero attached hydrogens (tertiary/aromatic N) is 4. The molecule has 1 aliphatic rings. The van der Waals surface area contributed by atoms with E-state index in [4.69, 9.17) is 11.6 Å². The summed E-state index contributed by atoms with van der Waals surface area (Å²) >= 11 is 5.89. The van der Waals surface area contributed by atoms with E-state index >= 15 is 0 Å². The Balaban J connectivity index is 1.43.